The first-order valence-corrected chi connectivity index (χ1v) is 10.4. The van der Waals surface area contributed by atoms with Crippen LogP contribution in [0, 0.1) is 0 Å². The number of carbonyl (C=O) groups is 2. The summed E-state index contributed by atoms with van der Waals surface area (Å²) in [5.41, 5.74) is 0.491. The van der Waals surface area contributed by atoms with E-state index in [4.69, 9.17) is 0 Å². The number of nitrogens with zero attached hydrogens (tertiary/aromatic N) is 2. The van der Waals surface area contributed by atoms with E-state index in [1.54, 1.807) is 17.0 Å². The Labute approximate surface area is 178 Å². The van der Waals surface area contributed by atoms with E-state index in [1.807, 2.05) is 30.3 Å². The number of H-pyrrole nitrogens is 2. The van der Waals surface area contributed by atoms with Crippen LogP contribution in [0.3, 0.4) is 0 Å². The van der Waals surface area contributed by atoms with Gasteiger partial charge in [0.1, 0.15) is 0 Å². The fraction of sp³-hybridized carbons (Fsp3) is 0.304. The highest BCUT2D eigenvalue weighted by Gasteiger charge is 2.22. The summed E-state index contributed by atoms with van der Waals surface area (Å²) in [5, 5.41) is 0.284. The number of rotatable bonds is 6. The zero-order valence-corrected chi connectivity index (χ0v) is 17.1. The predicted octanol–water partition coefficient (Wildman–Crippen LogP) is 1.64. The molecule has 1 saturated heterocycles. The lowest BCUT2D eigenvalue weighted by atomic mass is 10.1. The number of hydrogen-bond donors (Lipinski definition) is 2. The molecule has 8 heteroatoms. The maximum absolute atomic E-state index is 12.9. The van der Waals surface area contributed by atoms with Crippen LogP contribution in [0.4, 0.5) is 0 Å². The van der Waals surface area contributed by atoms with Crippen molar-refractivity contribution in [2.75, 3.05) is 32.7 Å². The molecule has 2 heterocycles. The smallest absolute Gasteiger partial charge is 0.326 e. The minimum atomic E-state index is -0.571. The van der Waals surface area contributed by atoms with Gasteiger partial charge in [0.15, 0.2) is 5.78 Å². The van der Waals surface area contributed by atoms with Gasteiger partial charge < -0.3 is 9.88 Å². The number of piperazine rings is 1. The van der Waals surface area contributed by atoms with E-state index in [-0.39, 0.29) is 17.1 Å². The summed E-state index contributed by atoms with van der Waals surface area (Å²) in [6, 6.07) is 14.0. The van der Waals surface area contributed by atoms with Gasteiger partial charge in [-0.05, 0) is 31.2 Å². The highest BCUT2D eigenvalue weighted by Crippen LogP contribution is 2.14. The number of benzene rings is 2. The van der Waals surface area contributed by atoms with Gasteiger partial charge in [-0.25, -0.2) is 4.79 Å². The average molecular weight is 420 g/mol. The van der Waals surface area contributed by atoms with E-state index in [0.29, 0.717) is 30.6 Å². The van der Waals surface area contributed by atoms with Gasteiger partial charge in [-0.1, -0.05) is 30.3 Å². The van der Waals surface area contributed by atoms with Gasteiger partial charge in [0.25, 0.3) is 11.5 Å². The van der Waals surface area contributed by atoms with Crippen molar-refractivity contribution in [1.82, 2.24) is 19.8 Å². The lowest BCUT2D eigenvalue weighted by Crippen LogP contribution is -2.48. The highest BCUT2D eigenvalue weighted by molar-refractivity contribution is 5.98. The lowest BCUT2D eigenvalue weighted by Gasteiger charge is -2.34. The SMILES string of the molecule is O=C(CCCN1CCN(C(=O)c2ccc3[nH]c(=O)[nH]c(=O)c3c2)CC1)c1ccccc1. The molecule has 8 nitrogen and oxygen atoms in total. The van der Waals surface area contributed by atoms with Crippen LogP contribution in [0.2, 0.25) is 0 Å². The van der Waals surface area contributed by atoms with E-state index in [1.165, 1.54) is 6.07 Å². The molecule has 3 aromatic rings. The van der Waals surface area contributed by atoms with Crippen molar-refractivity contribution in [2.24, 2.45) is 0 Å². The quantitative estimate of drug-likeness (QED) is 0.590. The summed E-state index contributed by atoms with van der Waals surface area (Å²) in [7, 11) is 0. The van der Waals surface area contributed by atoms with E-state index in [9.17, 15) is 19.2 Å². The molecule has 0 unspecified atom stereocenters. The first kappa shape index (κ1) is 20.7. The Bertz CT molecular complexity index is 1210. The second-order valence-electron chi connectivity index (χ2n) is 7.70. The molecule has 0 radical (unpaired) electrons. The molecule has 1 fully saturated rings. The number of aromatic amines is 2. The number of fused-ring (bicyclic) bond motifs is 1. The van der Waals surface area contributed by atoms with Crippen molar-refractivity contribution >= 4 is 22.6 Å². The zero-order valence-electron chi connectivity index (χ0n) is 17.1. The third-order valence-electron chi connectivity index (χ3n) is 5.62. The summed E-state index contributed by atoms with van der Waals surface area (Å²) < 4.78 is 0. The normalized spacial score (nSPS) is 14.6. The Hall–Kier alpha value is -3.52. The van der Waals surface area contributed by atoms with Crippen LogP contribution >= 0.6 is 0 Å². The lowest BCUT2D eigenvalue weighted by molar-refractivity contribution is 0.0635. The fourth-order valence-electron chi connectivity index (χ4n) is 3.89. The third kappa shape index (κ3) is 4.80. The summed E-state index contributed by atoms with van der Waals surface area (Å²) in [6.07, 6.45) is 1.30. The second kappa shape index (κ2) is 9.09. The summed E-state index contributed by atoms with van der Waals surface area (Å²) in [6.45, 7) is 3.48. The highest BCUT2D eigenvalue weighted by atomic mass is 16.2. The fourth-order valence-corrected chi connectivity index (χ4v) is 3.89. The molecular weight excluding hydrogens is 396 g/mol. The van der Waals surface area contributed by atoms with Gasteiger partial charge in [0.05, 0.1) is 10.9 Å². The second-order valence-corrected chi connectivity index (χ2v) is 7.70. The van der Waals surface area contributed by atoms with Gasteiger partial charge in [0, 0.05) is 43.7 Å². The van der Waals surface area contributed by atoms with Crippen molar-refractivity contribution < 1.29 is 9.59 Å². The maximum Gasteiger partial charge on any atom is 0.326 e. The van der Waals surface area contributed by atoms with Crippen molar-refractivity contribution in [3.8, 4) is 0 Å². The van der Waals surface area contributed by atoms with Crippen LogP contribution in [0.25, 0.3) is 10.9 Å². The van der Waals surface area contributed by atoms with Crippen molar-refractivity contribution in [3.05, 3.63) is 80.5 Å². The van der Waals surface area contributed by atoms with Crippen LogP contribution < -0.4 is 11.2 Å². The van der Waals surface area contributed by atoms with Gasteiger partial charge >= 0.3 is 5.69 Å². The van der Waals surface area contributed by atoms with Crippen LogP contribution in [-0.2, 0) is 0 Å². The molecule has 0 atom stereocenters. The van der Waals surface area contributed by atoms with Crippen molar-refractivity contribution in [1.29, 1.82) is 0 Å². The Balaban J connectivity index is 1.30. The van der Waals surface area contributed by atoms with Crippen molar-refractivity contribution in [3.63, 3.8) is 0 Å². The molecule has 1 aromatic heterocycles. The molecule has 1 aliphatic heterocycles. The Kier molecular flexibility index (Phi) is 6.08. The minimum absolute atomic E-state index is 0.133. The number of Topliss-reactive ketones (excluding diaryl/α,β-unsaturated/α-hetero) is 1. The number of hydrogen-bond acceptors (Lipinski definition) is 5. The number of ketones is 1. The molecule has 31 heavy (non-hydrogen) atoms. The largest absolute Gasteiger partial charge is 0.336 e. The van der Waals surface area contributed by atoms with Crippen LogP contribution in [-0.4, -0.2) is 64.2 Å². The number of carbonyl (C=O) groups excluding carboxylic acids is 2. The first-order chi connectivity index (χ1) is 15.0. The van der Waals surface area contributed by atoms with E-state index in [0.717, 1.165) is 31.6 Å². The zero-order chi connectivity index (χ0) is 21.8. The number of amides is 1. The van der Waals surface area contributed by atoms with E-state index < -0.39 is 11.2 Å². The summed E-state index contributed by atoms with van der Waals surface area (Å²) in [4.78, 5) is 57.2. The molecule has 0 bridgehead atoms. The van der Waals surface area contributed by atoms with Gasteiger partial charge in [0.2, 0.25) is 0 Å². The molecule has 160 valence electrons. The predicted molar refractivity (Wildman–Crippen MR) is 118 cm³/mol. The third-order valence-corrected chi connectivity index (χ3v) is 5.62. The van der Waals surface area contributed by atoms with Crippen LogP contribution in [0.5, 0.6) is 0 Å². The molecule has 0 saturated carbocycles. The number of aromatic nitrogens is 2. The molecule has 2 aromatic carbocycles. The summed E-state index contributed by atoms with van der Waals surface area (Å²) in [5.74, 6) is 0.0217. The van der Waals surface area contributed by atoms with Gasteiger partial charge in [-0.2, -0.15) is 0 Å². The minimum Gasteiger partial charge on any atom is -0.336 e. The maximum atomic E-state index is 12.9. The standard InChI is InChI=1S/C23H24N4O4/c28-20(16-5-2-1-3-6-16)7-4-10-26-11-13-27(14-12-26)22(30)17-8-9-19-18(15-17)21(29)25-23(31)24-19/h1-3,5-6,8-9,15H,4,7,10-14H2,(H2,24,25,29,31). The van der Waals surface area contributed by atoms with E-state index in [2.05, 4.69) is 14.9 Å². The Morgan fingerprint density at radius 3 is 2.35 bits per heavy atom. The topological polar surface area (TPSA) is 106 Å². The number of nitrogens with one attached hydrogen (secondary N) is 2. The van der Waals surface area contributed by atoms with E-state index >= 15 is 0 Å². The molecular formula is C23H24N4O4. The molecule has 0 aliphatic carbocycles. The van der Waals surface area contributed by atoms with Crippen LogP contribution in [0.1, 0.15) is 33.6 Å². The Morgan fingerprint density at radius 2 is 1.61 bits per heavy atom. The average Bonchev–Trinajstić information content (AvgIpc) is 2.79. The van der Waals surface area contributed by atoms with Gasteiger partial charge in [-0.3, -0.25) is 24.3 Å². The summed E-state index contributed by atoms with van der Waals surface area (Å²) >= 11 is 0. The monoisotopic (exact) mass is 420 g/mol. The van der Waals surface area contributed by atoms with Crippen molar-refractivity contribution in [2.45, 2.75) is 12.8 Å². The molecule has 1 aliphatic rings. The molecule has 0 spiro atoms. The molecule has 4 rings (SSSR count). The Morgan fingerprint density at radius 1 is 0.871 bits per heavy atom. The molecule has 1 amide bonds. The molecule has 2 N–H and O–H groups in total. The van der Waals surface area contributed by atoms with Crippen LogP contribution in [0.15, 0.2) is 58.1 Å². The first-order valence-electron chi connectivity index (χ1n) is 10.4. The van der Waals surface area contributed by atoms with Gasteiger partial charge in [-0.15, -0.1) is 0 Å².